The van der Waals surface area contributed by atoms with Gasteiger partial charge in [-0.15, -0.1) is 0 Å². The normalized spacial score (nSPS) is 27.4. The monoisotopic (exact) mass is 254 g/mol. The van der Waals surface area contributed by atoms with Gasteiger partial charge in [0.25, 0.3) is 0 Å². The molecule has 0 heterocycles. The van der Waals surface area contributed by atoms with Crippen molar-refractivity contribution in [3.63, 3.8) is 0 Å². The summed E-state index contributed by atoms with van der Waals surface area (Å²) in [6.07, 6.45) is 8.74. The molecule has 3 unspecified atom stereocenters. The summed E-state index contributed by atoms with van der Waals surface area (Å²) < 4.78 is 0. The zero-order valence-electron chi connectivity index (χ0n) is 12.1. The largest absolute Gasteiger partial charge is 0.353 e. The van der Waals surface area contributed by atoms with E-state index in [2.05, 4.69) is 19.2 Å². The molecule has 1 amide bonds. The Morgan fingerprint density at radius 2 is 1.94 bits per heavy atom. The maximum Gasteiger partial charge on any atom is 0.220 e. The van der Waals surface area contributed by atoms with E-state index in [1.807, 2.05) is 0 Å². The van der Waals surface area contributed by atoms with Crippen molar-refractivity contribution < 1.29 is 4.79 Å². The predicted molar refractivity (Wildman–Crippen MR) is 76.2 cm³/mol. The van der Waals surface area contributed by atoms with E-state index in [9.17, 15) is 4.79 Å². The highest BCUT2D eigenvalue weighted by atomic mass is 16.1. The first-order valence-electron chi connectivity index (χ1n) is 7.68. The summed E-state index contributed by atoms with van der Waals surface area (Å²) in [6, 6.07) is 0.423. The Bertz CT molecular complexity index is 243. The van der Waals surface area contributed by atoms with Gasteiger partial charge in [-0.1, -0.05) is 33.1 Å². The zero-order valence-corrected chi connectivity index (χ0v) is 12.1. The SMILES string of the molecule is CCC1CCC(NC(=O)CCCCCCN)C1C. The molecule has 0 bridgehead atoms. The highest BCUT2D eigenvalue weighted by Gasteiger charge is 2.32. The lowest BCUT2D eigenvalue weighted by Gasteiger charge is -2.21. The van der Waals surface area contributed by atoms with Crippen LogP contribution in [0.1, 0.15) is 65.2 Å². The molecule has 18 heavy (non-hydrogen) atoms. The van der Waals surface area contributed by atoms with Gasteiger partial charge >= 0.3 is 0 Å². The second-order valence-corrected chi connectivity index (χ2v) is 5.73. The number of amides is 1. The van der Waals surface area contributed by atoms with Crippen molar-refractivity contribution in [3.8, 4) is 0 Å². The Labute approximate surface area is 112 Å². The third-order valence-electron chi connectivity index (χ3n) is 4.46. The maximum atomic E-state index is 11.8. The van der Waals surface area contributed by atoms with Crippen molar-refractivity contribution >= 4 is 5.91 Å². The molecule has 3 atom stereocenters. The van der Waals surface area contributed by atoms with Crippen molar-refractivity contribution in [1.82, 2.24) is 5.32 Å². The summed E-state index contributed by atoms with van der Waals surface area (Å²) in [5.74, 6) is 1.70. The van der Waals surface area contributed by atoms with E-state index < -0.39 is 0 Å². The fourth-order valence-electron chi connectivity index (χ4n) is 3.09. The first kappa shape index (κ1) is 15.5. The number of hydrogen-bond donors (Lipinski definition) is 2. The highest BCUT2D eigenvalue weighted by Crippen LogP contribution is 2.33. The number of unbranched alkanes of at least 4 members (excludes halogenated alkanes) is 3. The van der Waals surface area contributed by atoms with E-state index in [0.717, 1.165) is 38.1 Å². The minimum Gasteiger partial charge on any atom is -0.353 e. The summed E-state index contributed by atoms with van der Waals surface area (Å²) >= 11 is 0. The smallest absolute Gasteiger partial charge is 0.220 e. The summed E-state index contributed by atoms with van der Waals surface area (Å²) in [7, 11) is 0. The molecule has 1 aliphatic carbocycles. The molecule has 1 saturated carbocycles. The molecule has 0 spiro atoms. The van der Waals surface area contributed by atoms with Crippen molar-refractivity contribution in [1.29, 1.82) is 0 Å². The Kier molecular flexibility index (Phi) is 7.33. The van der Waals surface area contributed by atoms with Crippen LogP contribution >= 0.6 is 0 Å². The van der Waals surface area contributed by atoms with Crippen molar-refractivity contribution in [2.75, 3.05) is 6.54 Å². The topological polar surface area (TPSA) is 55.1 Å². The van der Waals surface area contributed by atoms with E-state index in [-0.39, 0.29) is 5.91 Å². The number of nitrogens with two attached hydrogens (primary N) is 1. The Balaban J connectivity index is 2.13. The van der Waals surface area contributed by atoms with Gasteiger partial charge in [-0.2, -0.15) is 0 Å². The second-order valence-electron chi connectivity index (χ2n) is 5.73. The number of nitrogens with one attached hydrogen (secondary N) is 1. The third-order valence-corrected chi connectivity index (χ3v) is 4.46. The summed E-state index contributed by atoms with van der Waals surface area (Å²) in [5.41, 5.74) is 5.44. The zero-order chi connectivity index (χ0) is 13.4. The van der Waals surface area contributed by atoms with E-state index in [1.54, 1.807) is 0 Å². The van der Waals surface area contributed by atoms with Crippen LogP contribution in [0.2, 0.25) is 0 Å². The third kappa shape index (κ3) is 4.97. The van der Waals surface area contributed by atoms with Crippen LogP contribution in [0.15, 0.2) is 0 Å². The predicted octanol–water partition coefficient (Wildman–Crippen LogP) is 2.84. The molecule has 0 aromatic rings. The van der Waals surface area contributed by atoms with Crippen molar-refractivity contribution in [2.24, 2.45) is 17.6 Å². The first-order chi connectivity index (χ1) is 8.69. The van der Waals surface area contributed by atoms with Gasteiger partial charge in [0.05, 0.1) is 0 Å². The maximum absolute atomic E-state index is 11.8. The van der Waals surface area contributed by atoms with Gasteiger partial charge < -0.3 is 11.1 Å². The molecule has 0 radical (unpaired) electrons. The molecule has 1 rings (SSSR count). The van der Waals surface area contributed by atoms with Crippen LogP contribution in [-0.4, -0.2) is 18.5 Å². The van der Waals surface area contributed by atoms with E-state index in [1.165, 1.54) is 19.3 Å². The summed E-state index contributed by atoms with van der Waals surface area (Å²) in [4.78, 5) is 11.8. The van der Waals surface area contributed by atoms with E-state index >= 15 is 0 Å². The highest BCUT2D eigenvalue weighted by molar-refractivity contribution is 5.76. The molecule has 3 heteroatoms. The molecule has 0 aliphatic heterocycles. The molecule has 3 N–H and O–H groups in total. The average Bonchev–Trinajstić information content (AvgIpc) is 2.70. The lowest BCUT2D eigenvalue weighted by molar-refractivity contribution is -0.122. The van der Waals surface area contributed by atoms with Crippen LogP contribution in [0.3, 0.4) is 0 Å². The molecule has 1 aliphatic rings. The number of carbonyl (C=O) groups excluding carboxylic acids is 1. The van der Waals surface area contributed by atoms with Crippen LogP contribution in [0.4, 0.5) is 0 Å². The second kappa shape index (κ2) is 8.52. The van der Waals surface area contributed by atoms with Crippen molar-refractivity contribution in [3.05, 3.63) is 0 Å². The number of rotatable bonds is 8. The van der Waals surface area contributed by atoms with Crippen LogP contribution in [-0.2, 0) is 4.79 Å². The van der Waals surface area contributed by atoms with E-state index in [4.69, 9.17) is 5.73 Å². The molecule has 106 valence electrons. The van der Waals surface area contributed by atoms with Crippen molar-refractivity contribution in [2.45, 2.75) is 71.3 Å². The molecular weight excluding hydrogens is 224 g/mol. The number of carbonyl (C=O) groups is 1. The van der Waals surface area contributed by atoms with Crippen LogP contribution in [0.5, 0.6) is 0 Å². The van der Waals surface area contributed by atoms with Gasteiger partial charge in [-0.05, 0) is 44.1 Å². The number of hydrogen-bond acceptors (Lipinski definition) is 2. The van der Waals surface area contributed by atoms with Gasteiger partial charge in [0.2, 0.25) is 5.91 Å². The molecular formula is C15H30N2O. The van der Waals surface area contributed by atoms with Gasteiger partial charge in [-0.3, -0.25) is 4.79 Å². The van der Waals surface area contributed by atoms with Crippen LogP contribution in [0.25, 0.3) is 0 Å². The lowest BCUT2D eigenvalue weighted by atomic mass is 9.93. The fourth-order valence-corrected chi connectivity index (χ4v) is 3.09. The Hall–Kier alpha value is -0.570. The Morgan fingerprint density at radius 1 is 1.22 bits per heavy atom. The quantitative estimate of drug-likeness (QED) is 0.654. The average molecular weight is 254 g/mol. The van der Waals surface area contributed by atoms with E-state index in [0.29, 0.717) is 18.4 Å². The molecule has 0 aromatic carbocycles. The van der Waals surface area contributed by atoms with Gasteiger partial charge in [-0.25, -0.2) is 0 Å². The standard InChI is InChI=1S/C15H30N2O/c1-3-13-9-10-14(12(13)2)17-15(18)8-6-4-5-7-11-16/h12-14H,3-11,16H2,1-2H3,(H,17,18). The van der Waals surface area contributed by atoms with Crippen LogP contribution < -0.4 is 11.1 Å². The minimum absolute atomic E-state index is 0.247. The molecule has 1 fully saturated rings. The summed E-state index contributed by atoms with van der Waals surface area (Å²) in [6.45, 7) is 5.31. The van der Waals surface area contributed by atoms with Gasteiger partial charge in [0.15, 0.2) is 0 Å². The van der Waals surface area contributed by atoms with Gasteiger partial charge in [0.1, 0.15) is 0 Å². The lowest BCUT2D eigenvalue weighted by Crippen LogP contribution is -2.37. The molecule has 3 nitrogen and oxygen atoms in total. The summed E-state index contributed by atoms with van der Waals surface area (Å²) in [5, 5.41) is 3.22. The van der Waals surface area contributed by atoms with Gasteiger partial charge in [0, 0.05) is 12.5 Å². The molecule has 0 saturated heterocycles. The first-order valence-corrected chi connectivity index (χ1v) is 7.68. The fraction of sp³-hybridized carbons (Fsp3) is 0.933. The Morgan fingerprint density at radius 3 is 2.56 bits per heavy atom. The minimum atomic E-state index is 0.247. The molecule has 0 aromatic heterocycles. The van der Waals surface area contributed by atoms with Crippen LogP contribution in [0, 0.1) is 11.8 Å².